The number of amides is 1. The lowest BCUT2D eigenvalue weighted by Gasteiger charge is -2.11. The predicted octanol–water partition coefficient (Wildman–Crippen LogP) is 0.899. The van der Waals surface area contributed by atoms with E-state index in [0.29, 0.717) is 30.0 Å². The number of hydrogen-bond acceptors (Lipinski definition) is 6. The molecule has 0 bridgehead atoms. The van der Waals surface area contributed by atoms with Gasteiger partial charge in [0.25, 0.3) is 5.89 Å². The van der Waals surface area contributed by atoms with Crippen molar-refractivity contribution >= 4 is 18.6 Å². The SMILES string of the molecule is N#Cc1cccc(-c2cnc(C(=O)N[C@H]3CN[C@H](CN/C=N\C=N)C3)o2)c1. The summed E-state index contributed by atoms with van der Waals surface area (Å²) in [6, 6.07) is 9.16. The van der Waals surface area contributed by atoms with Gasteiger partial charge in [0.15, 0.2) is 5.76 Å². The molecule has 1 aliphatic rings. The Morgan fingerprint density at radius 1 is 1.56 bits per heavy atom. The lowest BCUT2D eigenvalue weighted by molar-refractivity contribution is 0.0905. The Bertz CT molecular complexity index is 884. The van der Waals surface area contributed by atoms with Crippen molar-refractivity contribution in [2.75, 3.05) is 13.1 Å². The third-order valence-corrected chi connectivity index (χ3v) is 4.14. The van der Waals surface area contributed by atoms with E-state index in [1.165, 1.54) is 12.5 Å². The summed E-state index contributed by atoms with van der Waals surface area (Å²) in [5, 5.41) is 25.0. The van der Waals surface area contributed by atoms with Crippen LogP contribution < -0.4 is 16.0 Å². The molecule has 4 N–H and O–H groups in total. The summed E-state index contributed by atoms with van der Waals surface area (Å²) in [4.78, 5) is 20.1. The van der Waals surface area contributed by atoms with Crippen LogP contribution in [0.2, 0.25) is 0 Å². The molecule has 2 heterocycles. The van der Waals surface area contributed by atoms with Crippen molar-refractivity contribution in [2.45, 2.75) is 18.5 Å². The summed E-state index contributed by atoms with van der Waals surface area (Å²) in [5.74, 6) is 0.0601. The van der Waals surface area contributed by atoms with Crippen molar-refractivity contribution < 1.29 is 9.21 Å². The standard InChI is InChI=1S/C18H19N7O2/c19-6-12-2-1-3-13(4-12)16-9-24-18(27-16)17(26)25-15-5-14(23-8-15)7-21-11-22-10-20/h1-4,9-11,14-15,23H,5,7-8H2,(H,25,26)(H2,20,21,22)/t14-,15+/m0/s1. The van der Waals surface area contributed by atoms with E-state index >= 15 is 0 Å². The Morgan fingerprint density at radius 3 is 3.26 bits per heavy atom. The number of benzene rings is 1. The van der Waals surface area contributed by atoms with Gasteiger partial charge in [0.05, 0.1) is 24.2 Å². The van der Waals surface area contributed by atoms with Gasteiger partial charge in [-0.2, -0.15) is 5.26 Å². The topological polar surface area (TPSA) is 139 Å². The number of nitrogens with zero attached hydrogens (tertiary/aromatic N) is 3. The van der Waals surface area contributed by atoms with Crippen LogP contribution in [0.5, 0.6) is 0 Å². The molecule has 9 nitrogen and oxygen atoms in total. The molecule has 1 amide bonds. The Morgan fingerprint density at radius 2 is 2.44 bits per heavy atom. The summed E-state index contributed by atoms with van der Waals surface area (Å²) in [6.07, 6.45) is 4.66. The number of aromatic nitrogens is 1. The maximum absolute atomic E-state index is 12.4. The predicted molar refractivity (Wildman–Crippen MR) is 99.6 cm³/mol. The summed E-state index contributed by atoms with van der Waals surface area (Å²) < 4.78 is 5.56. The zero-order valence-corrected chi connectivity index (χ0v) is 14.5. The van der Waals surface area contributed by atoms with Crippen LogP contribution in [-0.4, -0.2) is 48.7 Å². The summed E-state index contributed by atoms with van der Waals surface area (Å²) >= 11 is 0. The number of aliphatic imine (C=N–C) groups is 1. The zero-order valence-electron chi connectivity index (χ0n) is 14.5. The second-order valence-electron chi connectivity index (χ2n) is 6.05. The van der Waals surface area contributed by atoms with Crippen LogP contribution in [0, 0.1) is 16.7 Å². The highest BCUT2D eigenvalue weighted by molar-refractivity contribution is 5.90. The molecule has 0 saturated carbocycles. The fraction of sp³-hybridized carbons (Fsp3) is 0.278. The van der Waals surface area contributed by atoms with Crippen LogP contribution >= 0.6 is 0 Å². The maximum atomic E-state index is 12.4. The number of carbonyl (C=O) groups excluding carboxylic acids is 1. The van der Waals surface area contributed by atoms with E-state index < -0.39 is 0 Å². The highest BCUT2D eigenvalue weighted by Crippen LogP contribution is 2.21. The molecule has 2 aromatic rings. The van der Waals surface area contributed by atoms with E-state index in [-0.39, 0.29) is 23.9 Å². The minimum Gasteiger partial charge on any atom is -0.432 e. The minimum atomic E-state index is -0.372. The molecule has 0 radical (unpaired) electrons. The molecular formula is C18H19N7O2. The Kier molecular flexibility index (Phi) is 5.91. The third-order valence-electron chi connectivity index (χ3n) is 4.14. The first-order valence-corrected chi connectivity index (χ1v) is 8.44. The molecule has 2 atom stereocenters. The monoisotopic (exact) mass is 365 g/mol. The first-order valence-electron chi connectivity index (χ1n) is 8.44. The van der Waals surface area contributed by atoms with Gasteiger partial charge in [-0.25, -0.2) is 9.98 Å². The zero-order chi connectivity index (χ0) is 19.1. The molecule has 1 fully saturated rings. The Labute approximate surface area is 156 Å². The highest BCUT2D eigenvalue weighted by Gasteiger charge is 2.26. The van der Waals surface area contributed by atoms with Gasteiger partial charge in [-0.1, -0.05) is 12.1 Å². The summed E-state index contributed by atoms with van der Waals surface area (Å²) in [5.41, 5.74) is 1.21. The fourth-order valence-corrected chi connectivity index (χ4v) is 2.87. The molecule has 1 aromatic carbocycles. The quantitative estimate of drug-likeness (QED) is 0.425. The molecule has 27 heavy (non-hydrogen) atoms. The highest BCUT2D eigenvalue weighted by atomic mass is 16.4. The second kappa shape index (κ2) is 8.73. The molecule has 0 spiro atoms. The van der Waals surface area contributed by atoms with Gasteiger partial charge in [-0.05, 0) is 18.6 Å². The molecule has 138 valence electrons. The molecule has 1 saturated heterocycles. The van der Waals surface area contributed by atoms with Gasteiger partial charge < -0.3 is 20.4 Å². The van der Waals surface area contributed by atoms with Crippen LogP contribution in [0.3, 0.4) is 0 Å². The van der Waals surface area contributed by atoms with Crippen LogP contribution in [0.15, 0.2) is 39.9 Å². The lowest BCUT2D eigenvalue weighted by Crippen LogP contribution is -2.36. The van der Waals surface area contributed by atoms with Gasteiger partial charge >= 0.3 is 5.91 Å². The molecule has 0 aliphatic carbocycles. The minimum absolute atomic E-state index is 0.00736. The molecular weight excluding hydrogens is 346 g/mol. The van der Waals surface area contributed by atoms with Crippen LogP contribution in [0.1, 0.15) is 22.7 Å². The van der Waals surface area contributed by atoms with Crippen molar-refractivity contribution in [2.24, 2.45) is 4.99 Å². The van der Waals surface area contributed by atoms with E-state index in [2.05, 4.69) is 32.0 Å². The average molecular weight is 365 g/mol. The van der Waals surface area contributed by atoms with E-state index in [0.717, 1.165) is 12.8 Å². The third kappa shape index (κ3) is 4.77. The average Bonchev–Trinajstić information content (AvgIpc) is 3.35. The van der Waals surface area contributed by atoms with Gasteiger partial charge in [0, 0.05) is 30.7 Å². The van der Waals surface area contributed by atoms with Gasteiger partial charge in [-0.15, -0.1) is 0 Å². The normalized spacial score (nSPS) is 18.9. The van der Waals surface area contributed by atoms with Crippen LogP contribution in [0.25, 0.3) is 11.3 Å². The Balaban J connectivity index is 1.55. The molecule has 1 aromatic heterocycles. The van der Waals surface area contributed by atoms with E-state index in [1.54, 1.807) is 24.3 Å². The fourth-order valence-electron chi connectivity index (χ4n) is 2.87. The van der Waals surface area contributed by atoms with E-state index in [9.17, 15) is 4.79 Å². The Hall–Kier alpha value is -3.51. The first-order chi connectivity index (χ1) is 13.2. The van der Waals surface area contributed by atoms with Crippen molar-refractivity contribution in [1.82, 2.24) is 20.9 Å². The van der Waals surface area contributed by atoms with Crippen molar-refractivity contribution in [3.63, 3.8) is 0 Å². The van der Waals surface area contributed by atoms with E-state index in [1.807, 2.05) is 0 Å². The molecule has 0 unspecified atom stereocenters. The van der Waals surface area contributed by atoms with Gasteiger partial charge in [0.1, 0.15) is 6.34 Å². The van der Waals surface area contributed by atoms with Gasteiger partial charge in [0.2, 0.25) is 0 Å². The van der Waals surface area contributed by atoms with Crippen molar-refractivity contribution in [1.29, 1.82) is 10.7 Å². The van der Waals surface area contributed by atoms with Crippen LogP contribution in [0.4, 0.5) is 0 Å². The smallest absolute Gasteiger partial charge is 0.307 e. The number of nitriles is 1. The number of rotatable bonds is 7. The summed E-state index contributed by atoms with van der Waals surface area (Å²) in [6.45, 7) is 1.31. The molecule has 1 aliphatic heterocycles. The lowest BCUT2D eigenvalue weighted by atomic mass is 10.1. The molecule has 3 rings (SSSR count). The largest absolute Gasteiger partial charge is 0.432 e. The maximum Gasteiger partial charge on any atom is 0.307 e. The van der Waals surface area contributed by atoms with Crippen molar-refractivity contribution in [3.8, 4) is 17.4 Å². The number of hydrogen-bond donors (Lipinski definition) is 4. The second-order valence-corrected chi connectivity index (χ2v) is 6.05. The van der Waals surface area contributed by atoms with Crippen LogP contribution in [-0.2, 0) is 0 Å². The first kappa shape index (κ1) is 18.3. The van der Waals surface area contributed by atoms with E-state index in [4.69, 9.17) is 15.1 Å². The van der Waals surface area contributed by atoms with Crippen molar-refractivity contribution in [3.05, 3.63) is 41.9 Å². The summed E-state index contributed by atoms with van der Waals surface area (Å²) in [7, 11) is 0. The number of oxazole rings is 1. The number of carbonyl (C=O) groups is 1. The van der Waals surface area contributed by atoms with Gasteiger partial charge in [-0.3, -0.25) is 10.2 Å². The molecule has 9 heteroatoms. The number of nitrogens with one attached hydrogen (secondary N) is 4.